The van der Waals surface area contributed by atoms with Gasteiger partial charge in [-0.2, -0.15) is 0 Å². The molecular formula is C25H38N4O2. The van der Waals surface area contributed by atoms with Crippen molar-refractivity contribution in [3.63, 3.8) is 0 Å². The van der Waals surface area contributed by atoms with Gasteiger partial charge < -0.3 is 19.3 Å². The first-order valence-corrected chi connectivity index (χ1v) is 12.6. The van der Waals surface area contributed by atoms with Crippen molar-refractivity contribution in [2.24, 2.45) is 0 Å². The van der Waals surface area contributed by atoms with Crippen molar-refractivity contribution in [2.45, 2.75) is 56.5 Å². The highest BCUT2D eigenvalue weighted by Crippen LogP contribution is 2.33. The second-order valence-corrected chi connectivity index (χ2v) is 10.3. The number of likely N-dealkylation sites (tertiary alicyclic amines) is 2. The molecule has 31 heavy (non-hydrogen) atoms. The maximum absolute atomic E-state index is 6.03. The zero-order valence-electron chi connectivity index (χ0n) is 18.8. The van der Waals surface area contributed by atoms with Crippen molar-refractivity contribution >= 4 is 11.4 Å². The van der Waals surface area contributed by atoms with E-state index < -0.39 is 0 Å². The third-order valence-corrected chi connectivity index (χ3v) is 8.03. The molecule has 4 bridgehead atoms. The number of fused-ring (bicyclic) bond motifs is 5. The van der Waals surface area contributed by atoms with Gasteiger partial charge in [0.1, 0.15) is 0 Å². The smallest absolute Gasteiger partial charge is 0.0707 e. The van der Waals surface area contributed by atoms with Gasteiger partial charge in [-0.25, -0.2) is 0 Å². The van der Waals surface area contributed by atoms with Crippen LogP contribution in [0.2, 0.25) is 0 Å². The van der Waals surface area contributed by atoms with Crippen molar-refractivity contribution < 1.29 is 9.47 Å². The zero-order valence-corrected chi connectivity index (χ0v) is 18.8. The largest absolute Gasteiger partial charge is 0.372 e. The molecule has 4 fully saturated rings. The SMILES string of the molecule is c1ccc2c(c1)N(CCN1CC3CCC(C1)O3)CCCN2CCN1CC2CCC(C1)O2. The third-order valence-electron chi connectivity index (χ3n) is 8.03. The van der Waals surface area contributed by atoms with Gasteiger partial charge >= 0.3 is 0 Å². The van der Waals surface area contributed by atoms with Crippen LogP contribution in [0.15, 0.2) is 24.3 Å². The maximum Gasteiger partial charge on any atom is 0.0707 e. The lowest BCUT2D eigenvalue weighted by Crippen LogP contribution is -2.46. The highest BCUT2D eigenvalue weighted by molar-refractivity contribution is 5.72. The molecule has 0 spiro atoms. The van der Waals surface area contributed by atoms with E-state index in [1.54, 1.807) is 0 Å². The molecule has 170 valence electrons. The molecule has 5 heterocycles. The summed E-state index contributed by atoms with van der Waals surface area (Å²) in [4.78, 5) is 10.6. The van der Waals surface area contributed by atoms with E-state index >= 15 is 0 Å². The van der Waals surface area contributed by atoms with Gasteiger partial charge in [-0.15, -0.1) is 0 Å². The Kier molecular flexibility index (Phi) is 5.82. The van der Waals surface area contributed by atoms with E-state index in [9.17, 15) is 0 Å². The summed E-state index contributed by atoms with van der Waals surface area (Å²) >= 11 is 0. The number of hydrogen-bond donors (Lipinski definition) is 0. The van der Waals surface area contributed by atoms with Gasteiger partial charge in [0.05, 0.1) is 35.8 Å². The van der Waals surface area contributed by atoms with Gasteiger partial charge in [0.15, 0.2) is 0 Å². The first kappa shape index (κ1) is 20.3. The minimum atomic E-state index is 0.487. The van der Waals surface area contributed by atoms with E-state index in [1.165, 1.54) is 43.5 Å². The highest BCUT2D eigenvalue weighted by atomic mass is 16.5. The molecule has 6 rings (SSSR count). The van der Waals surface area contributed by atoms with Crippen molar-refractivity contribution in [1.82, 2.24) is 9.80 Å². The van der Waals surface area contributed by atoms with Gasteiger partial charge in [0.25, 0.3) is 0 Å². The number of rotatable bonds is 6. The van der Waals surface area contributed by atoms with Crippen LogP contribution in [0.4, 0.5) is 11.4 Å². The third kappa shape index (κ3) is 4.45. The molecule has 4 atom stereocenters. The second-order valence-electron chi connectivity index (χ2n) is 10.3. The summed E-state index contributed by atoms with van der Waals surface area (Å²) in [6, 6.07) is 9.10. The summed E-state index contributed by atoms with van der Waals surface area (Å²) in [5, 5.41) is 0. The standard InChI is InChI=1S/C25H38N4O2/c1-2-5-25-24(4-1)28(14-12-26-16-20-6-7-21(17-26)30-20)10-3-11-29(25)15-13-27-18-22-8-9-23(19-27)31-22/h1-2,4-5,20-23H,3,6-19H2. The monoisotopic (exact) mass is 426 g/mol. The van der Waals surface area contributed by atoms with E-state index in [-0.39, 0.29) is 0 Å². The van der Waals surface area contributed by atoms with Crippen LogP contribution >= 0.6 is 0 Å². The van der Waals surface area contributed by atoms with E-state index in [1.807, 2.05) is 0 Å². The number of morpholine rings is 2. The molecule has 5 aliphatic heterocycles. The fraction of sp³-hybridized carbons (Fsp3) is 0.760. The summed E-state index contributed by atoms with van der Waals surface area (Å²) in [5.41, 5.74) is 2.86. The van der Waals surface area contributed by atoms with Crippen LogP contribution in [0.25, 0.3) is 0 Å². The van der Waals surface area contributed by atoms with Crippen LogP contribution in [-0.4, -0.2) is 99.7 Å². The van der Waals surface area contributed by atoms with E-state index in [0.29, 0.717) is 24.4 Å². The summed E-state index contributed by atoms with van der Waals surface area (Å²) in [5.74, 6) is 0. The van der Waals surface area contributed by atoms with Crippen molar-refractivity contribution in [1.29, 1.82) is 0 Å². The summed E-state index contributed by atoms with van der Waals surface area (Å²) in [7, 11) is 0. The van der Waals surface area contributed by atoms with E-state index in [0.717, 1.165) is 65.4 Å². The molecule has 6 heteroatoms. The summed E-state index contributed by atoms with van der Waals surface area (Å²) in [6.45, 7) is 11.4. The van der Waals surface area contributed by atoms with Gasteiger partial charge in [-0.05, 0) is 44.2 Å². The number of hydrogen-bond acceptors (Lipinski definition) is 6. The van der Waals surface area contributed by atoms with Crippen LogP contribution < -0.4 is 9.80 Å². The predicted molar refractivity (Wildman–Crippen MR) is 124 cm³/mol. The Balaban J connectivity index is 1.09. The quantitative estimate of drug-likeness (QED) is 0.695. The van der Waals surface area contributed by atoms with E-state index in [2.05, 4.69) is 43.9 Å². The molecule has 4 unspecified atom stereocenters. The Labute approximate surface area is 187 Å². The molecule has 6 nitrogen and oxygen atoms in total. The first-order chi connectivity index (χ1) is 15.3. The topological polar surface area (TPSA) is 31.4 Å². The van der Waals surface area contributed by atoms with E-state index in [4.69, 9.17) is 9.47 Å². The lowest BCUT2D eigenvalue weighted by Gasteiger charge is -2.35. The molecular weight excluding hydrogens is 388 g/mol. The van der Waals surface area contributed by atoms with Crippen LogP contribution in [0.1, 0.15) is 32.1 Å². The van der Waals surface area contributed by atoms with Crippen molar-refractivity contribution in [3.05, 3.63) is 24.3 Å². The summed E-state index contributed by atoms with van der Waals surface area (Å²) < 4.78 is 12.1. The second kappa shape index (κ2) is 8.89. The maximum atomic E-state index is 6.03. The molecule has 4 saturated heterocycles. The predicted octanol–water partition coefficient (Wildman–Crippen LogP) is 2.43. The van der Waals surface area contributed by atoms with Crippen LogP contribution in [0.3, 0.4) is 0 Å². The number of nitrogens with zero attached hydrogens (tertiary/aromatic N) is 4. The normalized spacial score (nSPS) is 33.5. The Bertz CT molecular complexity index is 676. The fourth-order valence-corrected chi connectivity index (χ4v) is 6.44. The molecule has 0 saturated carbocycles. The Morgan fingerprint density at radius 3 is 1.45 bits per heavy atom. The minimum Gasteiger partial charge on any atom is -0.372 e. The molecule has 0 amide bonds. The van der Waals surface area contributed by atoms with Crippen LogP contribution in [0, 0.1) is 0 Å². The fourth-order valence-electron chi connectivity index (χ4n) is 6.44. The van der Waals surface area contributed by atoms with Crippen LogP contribution in [-0.2, 0) is 9.47 Å². The first-order valence-electron chi connectivity index (χ1n) is 12.6. The number of anilines is 2. The van der Waals surface area contributed by atoms with Crippen molar-refractivity contribution in [2.75, 3.05) is 75.2 Å². The van der Waals surface area contributed by atoms with Gasteiger partial charge in [0.2, 0.25) is 0 Å². The lowest BCUT2D eigenvalue weighted by atomic mass is 10.2. The molecule has 5 aliphatic rings. The highest BCUT2D eigenvalue weighted by Gasteiger charge is 2.35. The van der Waals surface area contributed by atoms with Gasteiger partial charge in [-0.3, -0.25) is 9.80 Å². The van der Waals surface area contributed by atoms with Gasteiger partial charge in [-0.1, -0.05) is 12.1 Å². The molecule has 1 aromatic rings. The Hall–Kier alpha value is -1.34. The number of para-hydroxylation sites is 2. The zero-order chi connectivity index (χ0) is 20.6. The minimum absolute atomic E-state index is 0.487. The van der Waals surface area contributed by atoms with Crippen LogP contribution in [0.5, 0.6) is 0 Å². The lowest BCUT2D eigenvalue weighted by molar-refractivity contribution is -0.0373. The average molecular weight is 427 g/mol. The molecule has 1 aromatic carbocycles. The summed E-state index contributed by atoms with van der Waals surface area (Å²) in [6.07, 6.45) is 8.21. The average Bonchev–Trinajstić information content (AvgIpc) is 3.25. The Morgan fingerprint density at radius 2 is 1.03 bits per heavy atom. The van der Waals surface area contributed by atoms with Crippen molar-refractivity contribution in [3.8, 4) is 0 Å². The number of ether oxygens (including phenoxy) is 2. The molecule has 0 aliphatic carbocycles. The molecule has 0 N–H and O–H groups in total. The molecule has 0 radical (unpaired) electrons. The number of benzene rings is 1. The Morgan fingerprint density at radius 1 is 0.613 bits per heavy atom. The van der Waals surface area contributed by atoms with Gasteiger partial charge in [0, 0.05) is 65.4 Å². The molecule has 0 aromatic heterocycles.